The molecule has 0 radical (unpaired) electrons. The van der Waals surface area contributed by atoms with E-state index in [0.717, 1.165) is 69.0 Å². The summed E-state index contributed by atoms with van der Waals surface area (Å²) in [5, 5.41) is 0. The van der Waals surface area contributed by atoms with Gasteiger partial charge in [-0.15, -0.1) is 0 Å². The molecule has 1 aromatic rings. The summed E-state index contributed by atoms with van der Waals surface area (Å²) in [7, 11) is 1.73. The fourth-order valence-electron chi connectivity index (χ4n) is 3.89. The van der Waals surface area contributed by atoms with Gasteiger partial charge in [0.15, 0.2) is 11.5 Å². The molecule has 0 unspecified atom stereocenters. The van der Waals surface area contributed by atoms with Gasteiger partial charge in [-0.2, -0.15) is 0 Å². The minimum atomic E-state index is 0.123. The lowest BCUT2D eigenvalue weighted by molar-refractivity contribution is 0.248. The second-order valence-electron chi connectivity index (χ2n) is 6.41. The van der Waals surface area contributed by atoms with Gasteiger partial charge in [0, 0.05) is 28.7 Å². The number of hydrogen-bond donors (Lipinski definition) is 1. The second-order valence-corrected chi connectivity index (χ2v) is 6.41. The van der Waals surface area contributed by atoms with E-state index in [1.807, 2.05) is 0 Å². The number of hydrogen-bond acceptors (Lipinski definition) is 4. The molecule has 1 fully saturated rings. The first-order chi connectivity index (χ1) is 10.3. The van der Waals surface area contributed by atoms with Crippen LogP contribution in [0.1, 0.15) is 42.4 Å². The molecule has 0 saturated heterocycles. The molecule has 0 bridgehead atoms. The lowest BCUT2D eigenvalue weighted by atomic mass is 9.83. The summed E-state index contributed by atoms with van der Waals surface area (Å²) in [6.07, 6.45) is 6.47. The highest BCUT2D eigenvalue weighted by Gasteiger charge is 2.49. The Morgan fingerprint density at radius 3 is 2.33 bits per heavy atom. The molecule has 1 aromatic carbocycles. The number of nitrogens with two attached hydrogens (primary N) is 1. The van der Waals surface area contributed by atoms with Crippen LogP contribution in [-0.2, 0) is 18.3 Å². The van der Waals surface area contributed by atoms with Crippen LogP contribution in [0.2, 0.25) is 0 Å². The van der Waals surface area contributed by atoms with Gasteiger partial charge in [-0.3, -0.25) is 0 Å². The standard InChI is InChI=1S/C17H23NO3/c1-19-15-12-5-3-8-20-14(12)13(17(10-18)6-7-17)11-4-2-9-21-16(11)15/h2-10,18H2,1H3. The van der Waals surface area contributed by atoms with Crippen LogP contribution in [0.4, 0.5) is 0 Å². The molecule has 4 nitrogen and oxygen atoms in total. The molecular formula is C17H23NO3. The maximum Gasteiger partial charge on any atom is 0.167 e. The number of methoxy groups -OCH3 is 1. The van der Waals surface area contributed by atoms with Crippen molar-refractivity contribution in [3.63, 3.8) is 0 Å². The van der Waals surface area contributed by atoms with Crippen molar-refractivity contribution in [3.05, 3.63) is 16.7 Å². The summed E-state index contributed by atoms with van der Waals surface area (Å²) >= 11 is 0. The fourth-order valence-corrected chi connectivity index (χ4v) is 3.89. The maximum atomic E-state index is 6.11. The summed E-state index contributed by atoms with van der Waals surface area (Å²) in [6, 6.07) is 0. The highest BCUT2D eigenvalue weighted by atomic mass is 16.5. The van der Waals surface area contributed by atoms with E-state index < -0.39 is 0 Å². The summed E-state index contributed by atoms with van der Waals surface area (Å²) < 4.78 is 17.8. The van der Waals surface area contributed by atoms with Crippen LogP contribution in [0.15, 0.2) is 0 Å². The molecule has 0 aromatic heterocycles. The Kier molecular flexibility index (Phi) is 3.03. The van der Waals surface area contributed by atoms with E-state index in [0.29, 0.717) is 6.54 Å². The Balaban J connectivity index is 2.00. The third kappa shape index (κ3) is 1.85. The zero-order valence-corrected chi connectivity index (χ0v) is 12.7. The van der Waals surface area contributed by atoms with Crippen molar-refractivity contribution in [2.24, 2.45) is 5.73 Å². The lowest BCUT2D eigenvalue weighted by Gasteiger charge is -2.32. The largest absolute Gasteiger partial charge is 0.493 e. The second kappa shape index (κ2) is 4.80. The van der Waals surface area contributed by atoms with Gasteiger partial charge >= 0.3 is 0 Å². The number of fused-ring (bicyclic) bond motifs is 2. The minimum absolute atomic E-state index is 0.123. The van der Waals surface area contributed by atoms with E-state index in [4.69, 9.17) is 19.9 Å². The van der Waals surface area contributed by atoms with Crippen LogP contribution >= 0.6 is 0 Å². The molecule has 1 saturated carbocycles. The zero-order chi connectivity index (χ0) is 14.4. The summed E-state index contributed by atoms with van der Waals surface area (Å²) in [6.45, 7) is 2.27. The average Bonchev–Trinajstić information content (AvgIpc) is 3.33. The van der Waals surface area contributed by atoms with Crippen molar-refractivity contribution in [1.29, 1.82) is 0 Å². The number of benzene rings is 1. The first kappa shape index (κ1) is 13.3. The van der Waals surface area contributed by atoms with Crippen molar-refractivity contribution in [2.75, 3.05) is 26.9 Å². The molecule has 2 N–H and O–H groups in total. The molecule has 3 aliphatic rings. The molecule has 4 rings (SSSR count). The first-order valence-electron chi connectivity index (χ1n) is 8.02. The van der Waals surface area contributed by atoms with Crippen LogP contribution in [0.5, 0.6) is 17.2 Å². The molecule has 21 heavy (non-hydrogen) atoms. The Morgan fingerprint density at radius 1 is 1.05 bits per heavy atom. The first-order valence-corrected chi connectivity index (χ1v) is 8.02. The van der Waals surface area contributed by atoms with E-state index in [9.17, 15) is 0 Å². The van der Waals surface area contributed by atoms with Gasteiger partial charge in [-0.25, -0.2) is 0 Å². The van der Waals surface area contributed by atoms with E-state index in [2.05, 4.69) is 0 Å². The Labute approximate surface area is 125 Å². The van der Waals surface area contributed by atoms with E-state index in [1.165, 1.54) is 16.7 Å². The van der Waals surface area contributed by atoms with Gasteiger partial charge < -0.3 is 19.9 Å². The minimum Gasteiger partial charge on any atom is -0.493 e. The maximum absolute atomic E-state index is 6.11. The lowest BCUT2D eigenvalue weighted by Crippen LogP contribution is -2.27. The van der Waals surface area contributed by atoms with Crippen LogP contribution in [0, 0.1) is 0 Å². The van der Waals surface area contributed by atoms with Gasteiger partial charge in [-0.1, -0.05) is 0 Å². The topological polar surface area (TPSA) is 53.7 Å². The van der Waals surface area contributed by atoms with Gasteiger partial charge in [0.25, 0.3) is 0 Å². The molecule has 2 heterocycles. The molecule has 1 aliphatic carbocycles. The average molecular weight is 289 g/mol. The Morgan fingerprint density at radius 2 is 1.71 bits per heavy atom. The van der Waals surface area contributed by atoms with Crippen LogP contribution < -0.4 is 19.9 Å². The SMILES string of the molecule is COc1c2c(c(C3(CN)CC3)c3c1OCCC3)OCCC2. The van der Waals surface area contributed by atoms with Gasteiger partial charge in [0.05, 0.1) is 20.3 Å². The van der Waals surface area contributed by atoms with Gasteiger partial charge in [-0.05, 0) is 38.5 Å². The summed E-state index contributed by atoms with van der Waals surface area (Å²) in [5.41, 5.74) is 10.1. The molecular weight excluding hydrogens is 266 g/mol. The Hall–Kier alpha value is -1.42. The van der Waals surface area contributed by atoms with E-state index in [-0.39, 0.29) is 5.41 Å². The molecule has 0 amide bonds. The van der Waals surface area contributed by atoms with Crippen molar-refractivity contribution in [3.8, 4) is 17.2 Å². The third-order valence-electron chi connectivity index (χ3n) is 5.17. The highest BCUT2D eigenvalue weighted by molar-refractivity contribution is 5.67. The molecule has 0 atom stereocenters. The smallest absolute Gasteiger partial charge is 0.167 e. The molecule has 0 spiro atoms. The highest BCUT2D eigenvalue weighted by Crippen LogP contribution is 2.58. The quantitative estimate of drug-likeness (QED) is 0.928. The van der Waals surface area contributed by atoms with E-state index in [1.54, 1.807) is 7.11 Å². The fraction of sp³-hybridized carbons (Fsp3) is 0.647. The monoisotopic (exact) mass is 289 g/mol. The number of ether oxygens (including phenoxy) is 3. The number of rotatable bonds is 3. The predicted molar refractivity (Wildman–Crippen MR) is 80.6 cm³/mol. The van der Waals surface area contributed by atoms with Crippen LogP contribution in [0.3, 0.4) is 0 Å². The molecule has 2 aliphatic heterocycles. The van der Waals surface area contributed by atoms with Crippen molar-refractivity contribution in [1.82, 2.24) is 0 Å². The van der Waals surface area contributed by atoms with Gasteiger partial charge in [0.2, 0.25) is 0 Å². The third-order valence-corrected chi connectivity index (χ3v) is 5.17. The van der Waals surface area contributed by atoms with Crippen LogP contribution in [-0.4, -0.2) is 26.9 Å². The van der Waals surface area contributed by atoms with Gasteiger partial charge in [0.1, 0.15) is 5.75 Å². The van der Waals surface area contributed by atoms with Crippen molar-refractivity contribution < 1.29 is 14.2 Å². The zero-order valence-electron chi connectivity index (χ0n) is 12.7. The van der Waals surface area contributed by atoms with Crippen molar-refractivity contribution in [2.45, 2.75) is 43.9 Å². The van der Waals surface area contributed by atoms with Crippen LogP contribution in [0.25, 0.3) is 0 Å². The summed E-state index contributed by atoms with van der Waals surface area (Å²) in [5.74, 6) is 2.92. The predicted octanol–water partition coefficient (Wildman–Crippen LogP) is 2.34. The molecule has 4 heteroatoms. The van der Waals surface area contributed by atoms with Crippen molar-refractivity contribution >= 4 is 0 Å². The summed E-state index contributed by atoms with van der Waals surface area (Å²) in [4.78, 5) is 0. The Bertz CT molecular complexity index is 541. The van der Waals surface area contributed by atoms with E-state index >= 15 is 0 Å². The molecule has 114 valence electrons. The normalized spacial score (nSPS) is 21.6.